The minimum absolute atomic E-state index is 0.155. The van der Waals surface area contributed by atoms with E-state index in [9.17, 15) is 9.59 Å². The lowest BCUT2D eigenvalue weighted by atomic mass is 10.2. The fourth-order valence-electron chi connectivity index (χ4n) is 2.02. The summed E-state index contributed by atoms with van der Waals surface area (Å²) in [5, 5.41) is 0.600. The van der Waals surface area contributed by atoms with Crippen molar-refractivity contribution in [2.75, 3.05) is 0 Å². The van der Waals surface area contributed by atoms with Crippen LogP contribution in [0.3, 0.4) is 0 Å². The highest BCUT2D eigenvalue weighted by Crippen LogP contribution is 2.26. The van der Waals surface area contributed by atoms with Crippen LogP contribution in [0.15, 0.2) is 11.1 Å². The summed E-state index contributed by atoms with van der Waals surface area (Å²) < 4.78 is 6.65. The van der Waals surface area contributed by atoms with Crippen molar-refractivity contribution >= 4 is 27.5 Å². The fourth-order valence-corrected chi connectivity index (χ4v) is 3.00. The molecule has 0 aromatic carbocycles. The lowest BCUT2D eigenvalue weighted by Gasteiger charge is -2.17. The molecule has 2 aromatic rings. The predicted octanol–water partition coefficient (Wildman–Crippen LogP) is 2.98. The van der Waals surface area contributed by atoms with Crippen LogP contribution in [0.25, 0.3) is 10.2 Å². The minimum atomic E-state index is -0.678. The van der Waals surface area contributed by atoms with E-state index >= 15 is 0 Å². The summed E-state index contributed by atoms with van der Waals surface area (Å²) in [6, 6.07) is -0.678. The predicted molar refractivity (Wildman–Crippen MR) is 83.9 cm³/mol. The maximum Gasteiger partial charge on any atom is 0.329 e. The number of nitrogens with zero attached hydrogens (tertiary/aromatic N) is 2. The maximum atomic E-state index is 12.6. The van der Waals surface area contributed by atoms with E-state index in [2.05, 4.69) is 4.98 Å². The van der Waals surface area contributed by atoms with E-state index in [1.54, 1.807) is 6.92 Å². The first-order valence-corrected chi connectivity index (χ1v) is 7.85. The van der Waals surface area contributed by atoms with Crippen LogP contribution in [-0.4, -0.2) is 21.6 Å². The van der Waals surface area contributed by atoms with Gasteiger partial charge >= 0.3 is 5.97 Å². The summed E-state index contributed by atoms with van der Waals surface area (Å²) in [4.78, 5) is 30.8. The summed E-state index contributed by atoms with van der Waals surface area (Å²) in [7, 11) is 0. The van der Waals surface area contributed by atoms with Gasteiger partial charge < -0.3 is 4.74 Å². The molecular weight excluding hydrogens is 288 g/mol. The van der Waals surface area contributed by atoms with Crippen molar-refractivity contribution in [1.82, 2.24) is 9.55 Å². The number of aryl methyl sites for hydroxylation is 2. The molecule has 6 heteroatoms. The van der Waals surface area contributed by atoms with Crippen molar-refractivity contribution in [1.29, 1.82) is 0 Å². The highest BCUT2D eigenvalue weighted by atomic mass is 32.1. The second kappa shape index (κ2) is 5.97. The van der Waals surface area contributed by atoms with E-state index < -0.39 is 12.0 Å². The Morgan fingerprint density at radius 2 is 2.10 bits per heavy atom. The van der Waals surface area contributed by atoms with Gasteiger partial charge in [-0.25, -0.2) is 9.78 Å². The Morgan fingerprint density at radius 1 is 1.43 bits per heavy atom. The van der Waals surface area contributed by atoms with Crippen molar-refractivity contribution in [2.24, 2.45) is 0 Å². The van der Waals surface area contributed by atoms with Crippen molar-refractivity contribution < 1.29 is 9.53 Å². The summed E-state index contributed by atoms with van der Waals surface area (Å²) in [5.74, 6) is -0.405. The molecule has 2 heterocycles. The van der Waals surface area contributed by atoms with Crippen LogP contribution < -0.4 is 5.56 Å². The number of fused-ring (bicyclic) bond motifs is 1. The maximum absolute atomic E-state index is 12.6. The normalized spacial score (nSPS) is 14.1. The van der Waals surface area contributed by atoms with Crippen molar-refractivity contribution in [3.8, 4) is 0 Å². The highest BCUT2D eigenvalue weighted by Gasteiger charge is 2.22. The molecule has 0 radical (unpaired) electrons. The fraction of sp³-hybridized carbons (Fsp3) is 0.533. The molecular formula is C15H20N2O3S. The van der Waals surface area contributed by atoms with Crippen molar-refractivity contribution in [3.63, 3.8) is 0 Å². The van der Waals surface area contributed by atoms with E-state index in [-0.39, 0.29) is 11.7 Å². The van der Waals surface area contributed by atoms with Gasteiger partial charge in [0.25, 0.3) is 5.56 Å². The zero-order chi connectivity index (χ0) is 15.7. The van der Waals surface area contributed by atoms with Gasteiger partial charge in [-0.05, 0) is 39.7 Å². The lowest BCUT2D eigenvalue weighted by Crippen LogP contribution is -2.31. The first kappa shape index (κ1) is 15.7. The average molecular weight is 308 g/mol. The van der Waals surface area contributed by atoms with Crippen molar-refractivity contribution in [3.05, 3.63) is 27.1 Å². The van der Waals surface area contributed by atoms with E-state index in [0.29, 0.717) is 10.2 Å². The van der Waals surface area contributed by atoms with Crippen LogP contribution in [0.2, 0.25) is 0 Å². The molecule has 0 N–H and O–H groups in total. The molecule has 0 aliphatic heterocycles. The van der Waals surface area contributed by atoms with Crippen LogP contribution in [0.4, 0.5) is 0 Å². The number of aromatic nitrogens is 2. The standard InChI is InChI=1S/C15H20N2O3S/c1-6-8(2)20-15(19)10(4)17-7-16-13-12(14(17)18)9(3)11(5)21-13/h7-8,10H,6H2,1-5H3/t8-,10-/m0/s1. The van der Waals surface area contributed by atoms with Crippen LogP contribution in [0, 0.1) is 13.8 Å². The number of carbonyl (C=O) groups is 1. The van der Waals surface area contributed by atoms with E-state index in [1.165, 1.54) is 22.2 Å². The Balaban J connectivity index is 2.43. The Labute approximate surface area is 127 Å². The molecule has 0 spiro atoms. The average Bonchev–Trinajstić information content (AvgIpc) is 2.74. The molecule has 0 amide bonds. The third-order valence-electron chi connectivity index (χ3n) is 3.77. The Morgan fingerprint density at radius 3 is 2.71 bits per heavy atom. The van der Waals surface area contributed by atoms with Crippen LogP contribution in [0.5, 0.6) is 0 Å². The number of hydrogen-bond acceptors (Lipinski definition) is 5. The molecule has 0 saturated carbocycles. The number of rotatable bonds is 4. The largest absolute Gasteiger partial charge is 0.461 e. The zero-order valence-corrected chi connectivity index (χ0v) is 13.8. The van der Waals surface area contributed by atoms with Gasteiger partial charge in [0.2, 0.25) is 0 Å². The van der Waals surface area contributed by atoms with Gasteiger partial charge in [-0.3, -0.25) is 9.36 Å². The van der Waals surface area contributed by atoms with Crippen LogP contribution in [0.1, 0.15) is 43.7 Å². The summed E-state index contributed by atoms with van der Waals surface area (Å²) in [6.07, 6.45) is 2.02. The molecule has 0 fully saturated rings. The molecule has 2 rings (SSSR count). The molecule has 0 saturated heterocycles. The first-order valence-electron chi connectivity index (χ1n) is 7.04. The zero-order valence-electron chi connectivity index (χ0n) is 13.0. The van der Waals surface area contributed by atoms with Gasteiger partial charge in [0.05, 0.1) is 17.8 Å². The molecule has 0 bridgehead atoms. The molecule has 2 atom stereocenters. The van der Waals surface area contributed by atoms with E-state index in [1.807, 2.05) is 27.7 Å². The topological polar surface area (TPSA) is 61.2 Å². The second-order valence-corrected chi connectivity index (χ2v) is 6.46. The van der Waals surface area contributed by atoms with Gasteiger partial charge in [0, 0.05) is 4.88 Å². The molecule has 5 nitrogen and oxygen atoms in total. The quantitative estimate of drug-likeness (QED) is 0.815. The molecule has 2 aromatic heterocycles. The van der Waals surface area contributed by atoms with Gasteiger partial charge in [0.15, 0.2) is 0 Å². The SMILES string of the molecule is CC[C@H](C)OC(=O)[C@H](C)n1cnc2sc(C)c(C)c2c1=O. The smallest absolute Gasteiger partial charge is 0.329 e. The minimum Gasteiger partial charge on any atom is -0.461 e. The summed E-state index contributed by atoms with van der Waals surface area (Å²) in [5.41, 5.74) is 0.750. The van der Waals surface area contributed by atoms with Gasteiger partial charge in [-0.1, -0.05) is 6.92 Å². The van der Waals surface area contributed by atoms with Crippen molar-refractivity contribution in [2.45, 2.75) is 53.2 Å². The second-order valence-electron chi connectivity index (χ2n) is 5.25. The van der Waals surface area contributed by atoms with E-state index in [4.69, 9.17) is 4.74 Å². The molecule has 21 heavy (non-hydrogen) atoms. The van der Waals surface area contributed by atoms with Crippen LogP contribution in [-0.2, 0) is 9.53 Å². The number of carbonyl (C=O) groups excluding carboxylic acids is 1. The first-order chi connectivity index (χ1) is 9.86. The van der Waals surface area contributed by atoms with Gasteiger partial charge in [-0.2, -0.15) is 0 Å². The number of esters is 1. The molecule has 0 aliphatic rings. The molecule has 0 unspecified atom stereocenters. The number of hydrogen-bond donors (Lipinski definition) is 0. The van der Waals surface area contributed by atoms with E-state index in [0.717, 1.165) is 16.9 Å². The number of thiophene rings is 1. The van der Waals surface area contributed by atoms with Gasteiger partial charge in [-0.15, -0.1) is 11.3 Å². The highest BCUT2D eigenvalue weighted by molar-refractivity contribution is 7.18. The molecule has 114 valence electrons. The summed E-state index contributed by atoms with van der Waals surface area (Å²) in [6.45, 7) is 9.31. The summed E-state index contributed by atoms with van der Waals surface area (Å²) >= 11 is 1.50. The third kappa shape index (κ3) is 2.85. The third-order valence-corrected chi connectivity index (χ3v) is 4.88. The Bertz CT molecular complexity index is 732. The molecule has 0 aliphatic carbocycles. The Kier molecular flexibility index (Phi) is 4.46. The number of ether oxygens (including phenoxy) is 1. The Hall–Kier alpha value is -1.69. The monoisotopic (exact) mass is 308 g/mol. The van der Waals surface area contributed by atoms with Crippen LogP contribution >= 0.6 is 11.3 Å². The van der Waals surface area contributed by atoms with Gasteiger partial charge in [0.1, 0.15) is 10.9 Å². The lowest BCUT2D eigenvalue weighted by molar-refractivity contribution is -0.152.